The second-order valence-electron chi connectivity index (χ2n) is 10.9. The van der Waals surface area contributed by atoms with Crippen LogP contribution in [-0.2, 0) is 11.4 Å². The van der Waals surface area contributed by atoms with Crippen molar-refractivity contribution in [2.24, 2.45) is 17.8 Å². The number of nitrogens with zero attached hydrogens (tertiary/aromatic N) is 4. The van der Waals surface area contributed by atoms with Crippen LogP contribution in [0.2, 0.25) is 0 Å². The van der Waals surface area contributed by atoms with Gasteiger partial charge in [-0.2, -0.15) is 5.26 Å². The molecule has 2 heterocycles. The van der Waals surface area contributed by atoms with Crippen LogP contribution >= 0.6 is 11.3 Å². The summed E-state index contributed by atoms with van der Waals surface area (Å²) in [7, 11) is 1.71. The number of hydrogen-bond acceptors (Lipinski definition) is 7. The van der Waals surface area contributed by atoms with Crippen LogP contribution in [0.15, 0.2) is 41.8 Å². The number of fused-ring (bicyclic) bond motifs is 2. The molecule has 1 saturated carbocycles. The number of carboxylic acid groups (broad SMARTS) is 1. The van der Waals surface area contributed by atoms with E-state index in [1.165, 1.54) is 0 Å². The fourth-order valence-electron chi connectivity index (χ4n) is 5.97. The molecule has 2 aliphatic rings. The minimum Gasteiger partial charge on any atom is -0.488 e. The van der Waals surface area contributed by atoms with Crippen molar-refractivity contribution in [1.29, 1.82) is 5.26 Å². The van der Waals surface area contributed by atoms with Crippen LogP contribution < -0.4 is 9.64 Å². The zero-order chi connectivity index (χ0) is 28.4. The number of carbonyl (C=O) groups is 2. The third-order valence-electron chi connectivity index (χ3n) is 8.17. The van der Waals surface area contributed by atoms with Gasteiger partial charge in [-0.1, -0.05) is 17.7 Å². The van der Waals surface area contributed by atoms with Gasteiger partial charge in [-0.15, -0.1) is 11.3 Å². The first-order chi connectivity index (χ1) is 19.2. The summed E-state index contributed by atoms with van der Waals surface area (Å²) < 4.78 is 6.31. The maximum Gasteiger partial charge on any atom is 0.307 e. The topological polar surface area (TPSA) is 107 Å². The van der Waals surface area contributed by atoms with Crippen LogP contribution in [-0.4, -0.2) is 53.5 Å². The summed E-state index contributed by atoms with van der Waals surface area (Å²) >= 11 is 1.59. The van der Waals surface area contributed by atoms with Gasteiger partial charge in [0, 0.05) is 43.2 Å². The van der Waals surface area contributed by atoms with E-state index in [2.05, 4.69) is 22.4 Å². The molecule has 5 rings (SSSR count). The van der Waals surface area contributed by atoms with Gasteiger partial charge in [-0.25, -0.2) is 4.98 Å². The number of aliphatic carboxylic acids is 1. The molecule has 2 aromatic carbocycles. The summed E-state index contributed by atoms with van der Waals surface area (Å²) in [6.45, 7) is 6.24. The Morgan fingerprint density at radius 3 is 2.60 bits per heavy atom. The number of anilines is 1. The molecule has 40 heavy (non-hydrogen) atoms. The van der Waals surface area contributed by atoms with Gasteiger partial charge in [-0.05, 0) is 73.9 Å². The highest BCUT2D eigenvalue weighted by atomic mass is 32.1. The molecular formula is C31H34N4O4S. The number of aromatic nitrogens is 1. The SMILES string of the molecule is Cc1ccc(OCc2ccc(C(=O)N(C)CCC#N)cc2C)c(-c2csc(N3C[C@H]4CC[C@@H](C3)C4C(=O)O)n2)c1. The number of benzene rings is 2. The third-order valence-corrected chi connectivity index (χ3v) is 9.07. The van der Waals surface area contributed by atoms with Crippen LogP contribution in [0.3, 0.4) is 0 Å². The van der Waals surface area contributed by atoms with Gasteiger partial charge >= 0.3 is 5.97 Å². The summed E-state index contributed by atoms with van der Waals surface area (Å²) in [5.41, 5.74) is 5.42. The largest absolute Gasteiger partial charge is 0.488 e. The molecule has 1 aliphatic carbocycles. The number of amides is 1. The zero-order valence-corrected chi connectivity index (χ0v) is 23.9. The summed E-state index contributed by atoms with van der Waals surface area (Å²) in [6, 6.07) is 13.7. The quantitative estimate of drug-likeness (QED) is 0.368. The fourth-order valence-corrected chi connectivity index (χ4v) is 6.82. The summed E-state index contributed by atoms with van der Waals surface area (Å²) in [5.74, 6) is 0.114. The lowest BCUT2D eigenvalue weighted by Crippen LogP contribution is -2.44. The van der Waals surface area contributed by atoms with Crippen LogP contribution in [0.4, 0.5) is 5.13 Å². The molecule has 1 N–H and O–H groups in total. The number of piperidine rings is 1. The number of rotatable bonds is 9. The Balaban J connectivity index is 1.30. The second kappa shape index (κ2) is 11.7. The van der Waals surface area contributed by atoms with E-state index >= 15 is 0 Å². The molecule has 2 bridgehead atoms. The van der Waals surface area contributed by atoms with Gasteiger partial charge in [0.25, 0.3) is 5.91 Å². The van der Waals surface area contributed by atoms with Crippen molar-refractivity contribution >= 4 is 28.3 Å². The minimum atomic E-state index is -0.659. The first-order valence-electron chi connectivity index (χ1n) is 13.6. The Bertz CT molecular complexity index is 1450. The number of ether oxygens (including phenoxy) is 1. The minimum absolute atomic E-state index is 0.105. The van der Waals surface area contributed by atoms with E-state index in [-0.39, 0.29) is 23.7 Å². The first kappa shape index (κ1) is 27.7. The number of thiazole rings is 1. The Labute approximate surface area is 238 Å². The van der Waals surface area contributed by atoms with Gasteiger partial charge in [-0.3, -0.25) is 9.59 Å². The van der Waals surface area contributed by atoms with Crippen LogP contribution in [0.5, 0.6) is 5.75 Å². The molecule has 1 aromatic heterocycles. The maximum atomic E-state index is 12.7. The van der Waals surface area contributed by atoms with Crippen molar-refractivity contribution in [2.45, 2.75) is 39.7 Å². The highest BCUT2D eigenvalue weighted by Crippen LogP contribution is 2.44. The van der Waals surface area contributed by atoms with Gasteiger partial charge in [0.05, 0.1) is 24.1 Å². The molecule has 1 amide bonds. The molecule has 0 radical (unpaired) electrons. The van der Waals surface area contributed by atoms with Crippen LogP contribution in [0.25, 0.3) is 11.3 Å². The van der Waals surface area contributed by atoms with Gasteiger partial charge in [0.2, 0.25) is 0 Å². The van der Waals surface area contributed by atoms with Crippen molar-refractivity contribution in [1.82, 2.24) is 9.88 Å². The van der Waals surface area contributed by atoms with Crippen molar-refractivity contribution < 1.29 is 19.4 Å². The molecular weight excluding hydrogens is 524 g/mol. The fraction of sp³-hybridized carbons (Fsp3) is 0.419. The van der Waals surface area contributed by atoms with E-state index in [1.54, 1.807) is 29.4 Å². The number of hydrogen-bond donors (Lipinski definition) is 1. The normalized spacial score (nSPS) is 19.8. The molecule has 1 aliphatic heterocycles. The Kier molecular flexibility index (Phi) is 8.08. The van der Waals surface area contributed by atoms with Crippen molar-refractivity contribution in [3.8, 4) is 23.1 Å². The molecule has 1 unspecified atom stereocenters. The van der Waals surface area contributed by atoms with Gasteiger partial charge < -0.3 is 19.6 Å². The van der Waals surface area contributed by atoms with E-state index in [9.17, 15) is 14.7 Å². The average molecular weight is 559 g/mol. The maximum absolute atomic E-state index is 12.7. The lowest BCUT2D eigenvalue weighted by atomic mass is 9.85. The van der Waals surface area contributed by atoms with Crippen LogP contribution in [0, 0.1) is 42.9 Å². The highest BCUT2D eigenvalue weighted by Gasteiger charge is 2.46. The Hall–Kier alpha value is -3.90. The summed E-state index contributed by atoms with van der Waals surface area (Å²) in [5, 5.41) is 21.4. The van der Waals surface area contributed by atoms with Gasteiger partial charge in [0.15, 0.2) is 5.13 Å². The van der Waals surface area contributed by atoms with Crippen LogP contribution in [0.1, 0.15) is 46.3 Å². The molecule has 3 aromatic rings. The molecule has 2 fully saturated rings. The first-order valence-corrected chi connectivity index (χ1v) is 14.5. The molecule has 0 spiro atoms. The van der Waals surface area contributed by atoms with E-state index in [4.69, 9.17) is 15.0 Å². The predicted octanol–water partition coefficient (Wildman–Crippen LogP) is 5.54. The predicted molar refractivity (Wildman–Crippen MR) is 155 cm³/mol. The smallest absolute Gasteiger partial charge is 0.307 e. The van der Waals surface area contributed by atoms with E-state index < -0.39 is 5.97 Å². The number of carboxylic acids is 1. The molecule has 1 saturated heterocycles. The molecule has 8 nitrogen and oxygen atoms in total. The average Bonchev–Trinajstić information content (AvgIpc) is 3.54. The summed E-state index contributed by atoms with van der Waals surface area (Å²) in [4.78, 5) is 33.2. The Morgan fingerprint density at radius 1 is 1.18 bits per heavy atom. The van der Waals surface area contributed by atoms with E-state index in [1.807, 2.05) is 38.1 Å². The summed E-state index contributed by atoms with van der Waals surface area (Å²) in [6.07, 6.45) is 2.24. The number of aryl methyl sites for hydroxylation is 2. The highest BCUT2D eigenvalue weighted by molar-refractivity contribution is 7.14. The Morgan fingerprint density at radius 2 is 1.93 bits per heavy atom. The third kappa shape index (κ3) is 5.68. The lowest BCUT2D eigenvalue weighted by Gasteiger charge is -2.35. The molecule has 9 heteroatoms. The number of carbonyl (C=O) groups excluding carboxylic acids is 1. The van der Waals surface area contributed by atoms with Crippen molar-refractivity contribution in [3.05, 3.63) is 64.0 Å². The standard InChI is InChI=1S/C31H34N4O4S/c1-19-5-10-27(39-17-24-9-6-21(14-20(24)2)29(36)34(3)12-4-11-32)25(13-19)26-18-40-31(33-26)35-15-22-7-8-23(16-35)28(22)30(37)38/h5-6,9-10,13-14,18,22-23,28H,4,7-8,12,15-17H2,1-3H3,(H,37,38)/t22-,23+,28?. The van der Waals surface area contributed by atoms with Crippen molar-refractivity contribution in [2.75, 3.05) is 31.6 Å². The number of nitriles is 1. The van der Waals surface area contributed by atoms with Crippen molar-refractivity contribution in [3.63, 3.8) is 0 Å². The second-order valence-corrected chi connectivity index (χ2v) is 11.8. The molecule has 3 atom stereocenters. The van der Waals surface area contributed by atoms with E-state index in [0.717, 1.165) is 64.8 Å². The monoisotopic (exact) mass is 558 g/mol. The zero-order valence-electron chi connectivity index (χ0n) is 23.1. The van der Waals surface area contributed by atoms with E-state index in [0.29, 0.717) is 25.1 Å². The molecule has 208 valence electrons. The lowest BCUT2D eigenvalue weighted by molar-refractivity contribution is -0.144. The van der Waals surface area contributed by atoms with Gasteiger partial charge in [0.1, 0.15) is 12.4 Å².